The number of ether oxygens (including phenoxy) is 1. The third-order valence-electron chi connectivity index (χ3n) is 6.67. The van der Waals surface area contributed by atoms with Crippen LogP contribution in [-0.4, -0.2) is 42.0 Å². The molecule has 0 bridgehead atoms. The number of hydrogen-bond donors (Lipinski definition) is 1. The lowest BCUT2D eigenvalue weighted by atomic mass is 9.72. The van der Waals surface area contributed by atoms with Gasteiger partial charge in [0.1, 0.15) is 5.00 Å². The highest BCUT2D eigenvalue weighted by molar-refractivity contribution is 7.17. The number of morpholine rings is 1. The number of carbonyl (C=O) groups is 2. The van der Waals surface area contributed by atoms with E-state index in [2.05, 4.69) is 26.1 Å². The Morgan fingerprint density at radius 3 is 2.38 bits per heavy atom. The fourth-order valence-corrected chi connectivity index (χ4v) is 6.22. The number of anilines is 1. The summed E-state index contributed by atoms with van der Waals surface area (Å²) < 4.78 is 5.84. The van der Waals surface area contributed by atoms with Gasteiger partial charge in [0.05, 0.1) is 17.8 Å². The number of benzene rings is 1. The first-order valence-electron chi connectivity index (χ1n) is 11.6. The third-order valence-corrected chi connectivity index (χ3v) is 7.84. The highest BCUT2D eigenvalue weighted by atomic mass is 32.1. The van der Waals surface area contributed by atoms with Crippen molar-refractivity contribution in [3.8, 4) is 0 Å². The number of fused-ring (bicyclic) bond motifs is 1. The average molecular weight is 455 g/mol. The van der Waals surface area contributed by atoms with Gasteiger partial charge in [0.25, 0.3) is 11.8 Å². The van der Waals surface area contributed by atoms with Gasteiger partial charge >= 0.3 is 0 Å². The summed E-state index contributed by atoms with van der Waals surface area (Å²) in [4.78, 5) is 29.9. The third kappa shape index (κ3) is 4.76. The molecule has 2 aromatic rings. The first kappa shape index (κ1) is 23.0. The second-order valence-electron chi connectivity index (χ2n) is 10.3. The van der Waals surface area contributed by atoms with Gasteiger partial charge in [-0.25, -0.2) is 0 Å². The van der Waals surface area contributed by atoms with Gasteiger partial charge in [-0.05, 0) is 62.1 Å². The second kappa shape index (κ2) is 8.99. The van der Waals surface area contributed by atoms with Crippen molar-refractivity contribution in [3.63, 3.8) is 0 Å². The van der Waals surface area contributed by atoms with Gasteiger partial charge in [0, 0.05) is 23.5 Å². The molecule has 2 heterocycles. The molecule has 0 spiro atoms. The smallest absolute Gasteiger partial charge is 0.257 e. The van der Waals surface area contributed by atoms with Gasteiger partial charge in [0.15, 0.2) is 0 Å². The number of carbonyl (C=O) groups excluding carboxylic acids is 2. The Kier molecular flexibility index (Phi) is 6.46. The van der Waals surface area contributed by atoms with E-state index in [1.807, 2.05) is 36.9 Å². The summed E-state index contributed by atoms with van der Waals surface area (Å²) in [6, 6.07) is 9.19. The molecule has 1 N–H and O–H groups in total. The minimum absolute atomic E-state index is 0.00444. The summed E-state index contributed by atoms with van der Waals surface area (Å²) >= 11 is 1.59. The molecule has 0 radical (unpaired) electrons. The van der Waals surface area contributed by atoms with E-state index >= 15 is 0 Å². The highest BCUT2D eigenvalue weighted by Crippen LogP contribution is 2.45. The molecule has 0 saturated carbocycles. The lowest BCUT2D eigenvalue weighted by Gasteiger charge is -2.36. The van der Waals surface area contributed by atoms with Gasteiger partial charge in [-0.3, -0.25) is 9.59 Å². The van der Waals surface area contributed by atoms with Crippen molar-refractivity contribution < 1.29 is 14.3 Å². The molecule has 0 unspecified atom stereocenters. The van der Waals surface area contributed by atoms with Crippen molar-refractivity contribution in [2.24, 2.45) is 11.3 Å². The maximum atomic E-state index is 13.8. The second-order valence-corrected chi connectivity index (χ2v) is 11.4. The van der Waals surface area contributed by atoms with E-state index in [1.54, 1.807) is 23.5 Å². The van der Waals surface area contributed by atoms with Crippen LogP contribution in [-0.2, 0) is 17.6 Å². The molecule has 6 heteroatoms. The number of nitrogens with zero attached hydrogens (tertiary/aromatic N) is 1. The van der Waals surface area contributed by atoms with Crippen LogP contribution in [0.2, 0.25) is 0 Å². The van der Waals surface area contributed by atoms with E-state index in [1.165, 1.54) is 4.88 Å². The first-order chi connectivity index (χ1) is 15.1. The molecule has 172 valence electrons. The standard InChI is InChI=1S/C26H34N2O3S/c1-16-14-28(15-17(2)31-16)25(30)22-20-12-11-19(26(3,4)5)13-21(20)32-24(22)27-23(29)18-9-7-6-8-10-18/h6-10,16-17,19H,11-15H2,1-5H3,(H,27,29)/t16-,17-,19+/m0/s1. The van der Waals surface area contributed by atoms with Crippen LogP contribution in [0.1, 0.15) is 72.2 Å². The SMILES string of the molecule is C[C@H]1CN(C(=O)c2c(NC(=O)c3ccccc3)sc3c2CC[C@@H](C(C)(C)C)C3)C[C@H](C)O1. The maximum Gasteiger partial charge on any atom is 0.257 e. The molecule has 5 nitrogen and oxygen atoms in total. The fraction of sp³-hybridized carbons (Fsp3) is 0.538. The molecule has 1 fully saturated rings. The number of rotatable bonds is 3. The van der Waals surface area contributed by atoms with E-state index in [9.17, 15) is 9.59 Å². The monoisotopic (exact) mass is 454 g/mol. The van der Waals surface area contributed by atoms with E-state index in [4.69, 9.17) is 4.74 Å². The Morgan fingerprint density at radius 1 is 1.09 bits per heavy atom. The Hall–Kier alpha value is -2.18. The van der Waals surface area contributed by atoms with Crippen LogP contribution in [0.5, 0.6) is 0 Å². The Bertz CT molecular complexity index is 982. The average Bonchev–Trinajstić information content (AvgIpc) is 3.09. The Morgan fingerprint density at radius 2 is 1.75 bits per heavy atom. The first-order valence-corrected chi connectivity index (χ1v) is 12.4. The predicted molar refractivity (Wildman–Crippen MR) is 130 cm³/mol. The van der Waals surface area contributed by atoms with Crippen LogP contribution in [0.15, 0.2) is 30.3 Å². The maximum absolute atomic E-state index is 13.8. The van der Waals surface area contributed by atoms with Crippen molar-refractivity contribution >= 4 is 28.2 Å². The molecular weight excluding hydrogens is 420 g/mol. The van der Waals surface area contributed by atoms with Gasteiger partial charge in [-0.1, -0.05) is 39.0 Å². The molecule has 1 aromatic heterocycles. The normalized spacial score (nSPS) is 23.5. The van der Waals surface area contributed by atoms with Gasteiger partial charge < -0.3 is 15.0 Å². The van der Waals surface area contributed by atoms with E-state index in [-0.39, 0.29) is 29.4 Å². The molecular formula is C26H34N2O3S. The van der Waals surface area contributed by atoms with Crippen molar-refractivity contribution in [3.05, 3.63) is 51.9 Å². The summed E-state index contributed by atoms with van der Waals surface area (Å²) in [5.41, 5.74) is 2.64. The topological polar surface area (TPSA) is 58.6 Å². The van der Waals surface area contributed by atoms with E-state index in [0.29, 0.717) is 35.1 Å². The molecule has 1 aliphatic heterocycles. The van der Waals surface area contributed by atoms with Crippen LogP contribution >= 0.6 is 11.3 Å². The van der Waals surface area contributed by atoms with Gasteiger partial charge in [-0.15, -0.1) is 11.3 Å². The van der Waals surface area contributed by atoms with Crippen LogP contribution in [0, 0.1) is 11.3 Å². The quantitative estimate of drug-likeness (QED) is 0.675. The predicted octanol–water partition coefficient (Wildman–Crippen LogP) is 5.40. The Balaban J connectivity index is 1.69. The molecule has 1 aliphatic carbocycles. The van der Waals surface area contributed by atoms with Crippen LogP contribution in [0.4, 0.5) is 5.00 Å². The summed E-state index contributed by atoms with van der Waals surface area (Å²) in [5.74, 6) is 0.411. The van der Waals surface area contributed by atoms with Crippen LogP contribution in [0.25, 0.3) is 0 Å². The minimum atomic E-state index is -0.172. The van der Waals surface area contributed by atoms with Gasteiger partial charge in [-0.2, -0.15) is 0 Å². The van der Waals surface area contributed by atoms with E-state index < -0.39 is 0 Å². The number of hydrogen-bond acceptors (Lipinski definition) is 4. The number of nitrogens with one attached hydrogen (secondary N) is 1. The highest BCUT2D eigenvalue weighted by Gasteiger charge is 2.36. The molecule has 1 aromatic carbocycles. The molecule has 2 amide bonds. The lowest BCUT2D eigenvalue weighted by Crippen LogP contribution is -2.48. The summed E-state index contributed by atoms with van der Waals surface area (Å²) in [6.45, 7) is 12.0. The number of amides is 2. The lowest BCUT2D eigenvalue weighted by molar-refractivity contribution is -0.0586. The zero-order valence-electron chi connectivity index (χ0n) is 19.7. The largest absolute Gasteiger partial charge is 0.372 e. The molecule has 3 atom stereocenters. The zero-order chi connectivity index (χ0) is 23.0. The number of thiophene rings is 1. The summed E-state index contributed by atoms with van der Waals surface area (Å²) in [7, 11) is 0. The Labute approximate surface area is 195 Å². The van der Waals surface area contributed by atoms with Crippen molar-refractivity contribution in [1.82, 2.24) is 4.90 Å². The van der Waals surface area contributed by atoms with Crippen LogP contribution in [0.3, 0.4) is 0 Å². The molecule has 1 saturated heterocycles. The zero-order valence-corrected chi connectivity index (χ0v) is 20.6. The van der Waals surface area contributed by atoms with Gasteiger partial charge in [0.2, 0.25) is 0 Å². The molecule has 4 rings (SSSR count). The summed E-state index contributed by atoms with van der Waals surface area (Å²) in [6.07, 6.45) is 2.91. The van der Waals surface area contributed by atoms with Crippen LogP contribution < -0.4 is 5.32 Å². The minimum Gasteiger partial charge on any atom is -0.372 e. The fourth-order valence-electron chi connectivity index (χ4n) is 4.91. The van der Waals surface area contributed by atoms with Crippen molar-refractivity contribution in [2.45, 2.75) is 66.1 Å². The molecule has 2 aliphatic rings. The molecule has 32 heavy (non-hydrogen) atoms. The summed E-state index contributed by atoms with van der Waals surface area (Å²) in [5, 5.41) is 3.77. The van der Waals surface area contributed by atoms with E-state index in [0.717, 1.165) is 24.8 Å². The van der Waals surface area contributed by atoms with Crippen molar-refractivity contribution in [1.29, 1.82) is 0 Å². The van der Waals surface area contributed by atoms with Crippen molar-refractivity contribution in [2.75, 3.05) is 18.4 Å².